The number of fused-ring (bicyclic) bond motifs is 1. The molecule has 0 aliphatic carbocycles. The summed E-state index contributed by atoms with van der Waals surface area (Å²) in [5, 5.41) is 1.19. The lowest BCUT2D eigenvalue weighted by molar-refractivity contribution is -0.117. The molecule has 3 nitrogen and oxygen atoms in total. The average Bonchev–Trinajstić information content (AvgIpc) is 3.14. The second kappa shape index (κ2) is 11.2. The van der Waals surface area contributed by atoms with Crippen LogP contribution in [-0.2, 0) is 24.2 Å². The lowest BCUT2D eigenvalue weighted by Gasteiger charge is -2.06. The molecule has 0 saturated heterocycles. The summed E-state index contributed by atoms with van der Waals surface area (Å²) < 4.78 is 16.0. The molecule has 2 aromatic heterocycles. The number of nitrogens with zero attached hydrogens (tertiary/aromatic N) is 2. The summed E-state index contributed by atoms with van der Waals surface area (Å²) >= 11 is 0. The highest BCUT2D eigenvalue weighted by Crippen LogP contribution is 2.24. The van der Waals surface area contributed by atoms with E-state index in [-0.39, 0.29) is 11.6 Å². The Bertz CT molecular complexity index is 1120. The standard InChI is InChI=1S/C20H20FNO.C7H9N/c1-15(23)7-6-9-16-13-22(20-12-5-3-10-18(16)20)14-17-8-2-4-11-19(17)21;1-2-7-3-5-8-6-4-7/h2-5,8,10-13H,6-7,9,14H2,1H3;3-6H,2H2,1H3. The van der Waals surface area contributed by atoms with Crippen LogP contribution in [0, 0.1) is 5.82 Å². The van der Waals surface area contributed by atoms with Gasteiger partial charge in [-0.05, 0) is 61.6 Å². The van der Waals surface area contributed by atoms with Gasteiger partial charge < -0.3 is 9.36 Å². The third-order valence-corrected chi connectivity index (χ3v) is 5.30. The summed E-state index contributed by atoms with van der Waals surface area (Å²) in [4.78, 5) is 15.0. The van der Waals surface area contributed by atoms with Crippen molar-refractivity contribution in [2.24, 2.45) is 0 Å². The minimum absolute atomic E-state index is 0.177. The van der Waals surface area contributed by atoms with Gasteiger partial charge in [0.2, 0.25) is 0 Å². The first kappa shape index (κ1) is 22.4. The first-order valence-electron chi connectivity index (χ1n) is 10.8. The van der Waals surface area contributed by atoms with E-state index in [0.717, 1.165) is 24.8 Å². The smallest absolute Gasteiger partial charge is 0.129 e. The molecule has 2 heterocycles. The minimum Gasteiger partial charge on any atom is -0.343 e. The van der Waals surface area contributed by atoms with Crippen molar-refractivity contribution in [3.63, 3.8) is 0 Å². The van der Waals surface area contributed by atoms with Crippen molar-refractivity contribution in [3.8, 4) is 0 Å². The van der Waals surface area contributed by atoms with E-state index < -0.39 is 0 Å². The highest BCUT2D eigenvalue weighted by molar-refractivity contribution is 5.84. The molecule has 0 amide bonds. The van der Waals surface area contributed by atoms with Gasteiger partial charge in [0, 0.05) is 41.5 Å². The van der Waals surface area contributed by atoms with E-state index in [9.17, 15) is 9.18 Å². The van der Waals surface area contributed by atoms with Crippen LogP contribution >= 0.6 is 0 Å². The van der Waals surface area contributed by atoms with Gasteiger partial charge in [0.05, 0.1) is 6.54 Å². The SMILES string of the molecule is CC(=O)CCCc1cn(Cc2ccccc2F)c2ccccc12.CCc1ccncc1. The van der Waals surface area contributed by atoms with Crippen LogP contribution in [0.15, 0.2) is 79.3 Å². The van der Waals surface area contributed by atoms with Crippen molar-refractivity contribution in [3.05, 3.63) is 102 Å². The highest BCUT2D eigenvalue weighted by atomic mass is 19.1. The molecule has 160 valence electrons. The maximum absolute atomic E-state index is 13.9. The molecule has 0 spiro atoms. The highest BCUT2D eigenvalue weighted by Gasteiger charge is 2.10. The zero-order valence-electron chi connectivity index (χ0n) is 18.2. The first-order chi connectivity index (χ1) is 15.1. The molecule has 2 aromatic carbocycles. The predicted octanol–water partition coefficient (Wildman–Crippen LogP) is 6.38. The molecule has 4 aromatic rings. The number of hydrogen-bond acceptors (Lipinski definition) is 2. The quantitative estimate of drug-likeness (QED) is 0.350. The number of hydrogen-bond donors (Lipinski definition) is 0. The number of rotatable bonds is 7. The van der Waals surface area contributed by atoms with E-state index in [4.69, 9.17) is 0 Å². The fourth-order valence-corrected chi connectivity index (χ4v) is 3.61. The summed E-state index contributed by atoms with van der Waals surface area (Å²) in [6.45, 7) is 4.27. The van der Waals surface area contributed by atoms with Crippen LogP contribution in [0.1, 0.15) is 43.4 Å². The van der Waals surface area contributed by atoms with E-state index in [1.807, 2.05) is 48.8 Å². The third-order valence-electron chi connectivity index (χ3n) is 5.30. The fourth-order valence-electron chi connectivity index (χ4n) is 3.61. The summed E-state index contributed by atoms with van der Waals surface area (Å²) in [6, 6.07) is 19.1. The van der Waals surface area contributed by atoms with Crippen LogP contribution in [0.2, 0.25) is 0 Å². The Hall–Kier alpha value is -3.27. The van der Waals surface area contributed by atoms with E-state index in [1.54, 1.807) is 13.0 Å². The van der Waals surface area contributed by atoms with Gasteiger partial charge in [-0.3, -0.25) is 4.98 Å². The number of ketones is 1. The van der Waals surface area contributed by atoms with Crippen molar-refractivity contribution >= 4 is 16.7 Å². The number of aromatic nitrogens is 2. The summed E-state index contributed by atoms with van der Waals surface area (Å²) in [5.74, 6) is 0.0449. The number of Topliss-reactive ketones (excluding diaryl/α,β-unsaturated/α-hetero) is 1. The van der Waals surface area contributed by atoms with E-state index in [0.29, 0.717) is 18.5 Å². The number of aryl methyl sites for hydroxylation is 2. The molecule has 0 fully saturated rings. The lowest BCUT2D eigenvalue weighted by atomic mass is 10.1. The van der Waals surface area contributed by atoms with Crippen molar-refractivity contribution in [2.75, 3.05) is 0 Å². The van der Waals surface area contributed by atoms with Crippen molar-refractivity contribution in [2.45, 2.75) is 46.1 Å². The van der Waals surface area contributed by atoms with Gasteiger partial charge in [-0.1, -0.05) is 43.3 Å². The number of benzene rings is 2. The molecule has 0 saturated carbocycles. The molecule has 4 heteroatoms. The molecule has 0 aliphatic heterocycles. The van der Waals surface area contributed by atoms with Gasteiger partial charge >= 0.3 is 0 Å². The van der Waals surface area contributed by atoms with Crippen LogP contribution in [-0.4, -0.2) is 15.3 Å². The zero-order valence-corrected chi connectivity index (χ0v) is 18.2. The van der Waals surface area contributed by atoms with Gasteiger partial charge in [-0.25, -0.2) is 4.39 Å². The van der Waals surface area contributed by atoms with Gasteiger partial charge in [0.15, 0.2) is 0 Å². The fraction of sp³-hybridized carbons (Fsp3) is 0.259. The Morgan fingerprint density at radius 3 is 2.35 bits per heavy atom. The molecule has 31 heavy (non-hydrogen) atoms. The van der Waals surface area contributed by atoms with E-state index in [1.165, 1.54) is 22.6 Å². The second-order valence-electron chi connectivity index (χ2n) is 7.66. The molecule has 0 unspecified atom stereocenters. The van der Waals surface area contributed by atoms with Crippen LogP contribution < -0.4 is 0 Å². The van der Waals surface area contributed by atoms with Crippen LogP contribution in [0.25, 0.3) is 10.9 Å². The second-order valence-corrected chi connectivity index (χ2v) is 7.66. The monoisotopic (exact) mass is 416 g/mol. The van der Waals surface area contributed by atoms with E-state index >= 15 is 0 Å². The molecule has 0 atom stereocenters. The molecular weight excluding hydrogens is 387 g/mol. The Labute approximate surface area is 183 Å². The van der Waals surface area contributed by atoms with Gasteiger partial charge in [0.1, 0.15) is 11.6 Å². The normalized spacial score (nSPS) is 10.5. The molecule has 0 aliphatic rings. The summed E-state index contributed by atoms with van der Waals surface area (Å²) in [5.41, 5.74) is 4.36. The van der Waals surface area contributed by atoms with Gasteiger partial charge in [-0.15, -0.1) is 0 Å². The van der Waals surface area contributed by atoms with Crippen molar-refractivity contribution in [1.82, 2.24) is 9.55 Å². The first-order valence-corrected chi connectivity index (χ1v) is 10.8. The molecule has 0 bridgehead atoms. The summed E-state index contributed by atoms with van der Waals surface area (Å²) in [6.07, 6.45) is 9.15. The molecule has 0 N–H and O–H groups in total. The van der Waals surface area contributed by atoms with Gasteiger partial charge in [0.25, 0.3) is 0 Å². The number of para-hydroxylation sites is 1. The molecule has 0 radical (unpaired) electrons. The Morgan fingerprint density at radius 2 is 1.68 bits per heavy atom. The Kier molecular flexibility index (Phi) is 8.11. The largest absolute Gasteiger partial charge is 0.343 e. The van der Waals surface area contributed by atoms with Gasteiger partial charge in [-0.2, -0.15) is 0 Å². The van der Waals surface area contributed by atoms with Crippen molar-refractivity contribution < 1.29 is 9.18 Å². The number of halogens is 1. The molecule has 4 rings (SSSR count). The predicted molar refractivity (Wildman–Crippen MR) is 125 cm³/mol. The molecular formula is C27H29FN2O. The minimum atomic E-state index is -0.177. The number of carbonyl (C=O) groups excluding carboxylic acids is 1. The Balaban J connectivity index is 0.000000287. The van der Waals surface area contributed by atoms with Crippen LogP contribution in [0.4, 0.5) is 4.39 Å². The topological polar surface area (TPSA) is 34.9 Å². The van der Waals surface area contributed by atoms with Crippen LogP contribution in [0.3, 0.4) is 0 Å². The summed E-state index contributed by atoms with van der Waals surface area (Å²) in [7, 11) is 0. The number of pyridine rings is 1. The third kappa shape index (κ3) is 6.35. The maximum atomic E-state index is 13.9. The number of carbonyl (C=O) groups is 1. The Morgan fingerprint density at radius 1 is 0.968 bits per heavy atom. The zero-order chi connectivity index (χ0) is 22.1. The van der Waals surface area contributed by atoms with Crippen LogP contribution in [0.5, 0.6) is 0 Å². The van der Waals surface area contributed by atoms with Crippen molar-refractivity contribution in [1.29, 1.82) is 0 Å². The maximum Gasteiger partial charge on any atom is 0.129 e. The average molecular weight is 417 g/mol. The lowest BCUT2D eigenvalue weighted by Crippen LogP contribution is -2.00. The van der Waals surface area contributed by atoms with E-state index in [2.05, 4.69) is 34.8 Å².